The minimum atomic E-state index is -4.61. The average molecular weight is 517 g/mol. The van der Waals surface area contributed by atoms with E-state index in [2.05, 4.69) is 10.4 Å². The predicted molar refractivity (Wildman–Crippen MR) is 119 cm³/mol. The van der Waals surface area contributed by atoms with Crippen LogP contribution in [0.25, 0.3) is 5.69 Å². The maximum atomic E-state index is 13.5. The molecule has 0 atom stereocenters. The molecule has 2 aliphatic rings. The van der Waals surface area contributed by atoms with Gasteiger partial charge in [-0.2, -0.15) is 18.3 Å². The van der Waals surface area contributed by atoms with Gasteiger partial charge in [0.25, 0.3) is 10.0 Å². The molecule has 2 aliphatic heterocycles. The molecule has 0 spiro atoms. The maximum absolute atomic E-state index is 13.5. The number of nitrogens with one attached hydrogen (secondary N) is 1. The number of hydrogen-bond acceptors (Lipinski definition) is 6. The van der Waals surface area contributed by atoms with Crippen molar-refractivity contribution in [3.63, 3.8) is 0 Å². The summed E-state index contributed by atoms with van der Waals surface area (Å²) in [6.07, 6.45) is -4.27. The van der Waals surface area contributed by atoms with Gasteiger partial charge >= 0.3 is 6.18 Å². The van der Waals surface area contributed by atoms with Crippen molar-refractivity contribution in [2.45, 2.75) is 24.0 Å². The number of alkyl halides is 3. The third kappa shape index (κ3) is 4.05. The first-order chi connectivity index (χ1) is 15.7. The van der Waals surface area contributed by atoms with Gasteiger partial charge < -0.3 is 14.8 Å². The number of anilines is 1. The molecular formula is C21H20ClF3N4O4S. The lowest BCUT2D eigenvalue weighted by molar-refractivity contribution is -0.142. The molecule has 0 radical (unpaired) electrons. The van der Waals surface area contributed by atoms with Crippen molar-refractivity contribution in [1.82, 2.24) is 15.1 Å². The molecule has 0 amide bonds. The van der Waals surface area contributed by atoms with E-state index in [0.29, 0.717) is 35.8 Å². The molecular weight excluding hydrogens is 497 g/mol. The quantitative estimate of drug-likeness (QED) is 0.571. The number of hydrogen-bond donors (Lipinski definition) is 1. The highest BCUT2D eigenvalue weighted by Gasteiger charge is 2.40. The molecule has 0 saturated heterocycles. The lowest BCUT2D eigenvalue weighted by Gasteiger charge is -2.20. The Morgan fingerprint density at radius 1 is 1.12 bits per heavy atom. The van der Waals surface area contributed by atoms with Crippen LogP contribution >= 0.6 is 12.4 Å². The highest BCUT2D eigenvalue weighted by Crippen LogP contribution is 2.37. The molecule has 3 heterocycles. The maximum Gasteiger partial charge on any atom is 0.435 e. The Morgan fingerprint density at radius 3 is 2.65 bits per heavy atom. The van der Waals surface area contributed by atoms with E-state index in [9.17, 15) is 21.6 Å². The minimum Gasteiger partial charge on any atom is -0.454 e. The fourth-order valence-electron chi connectivity index (χ4n) is 3.94. The summed E-state index contributed by atoms with van der Waals surface area (Å²) in [5, 5.41) is 6.74. The van der Waals surface area contributed by atoms with E-state index >= 15 is 0 Å². The van der Waals surface area contributed by atoms with Gasteiger partial charge in [0.2, 0.25) is 6.79 Å². The molecule has 1 N–H and O–H groups in total. The van der Waals surface area contributed by atoms with Gasteiger partial charge in [-0.15, -0.1) is 12.4 Å². The standard InChI is InChI=1S/C21H19F3N4O4S.ClH/c1-27(13-5-6-18-19(10-13)32-12-31-18)33(29,30)15-4-2-3-14(9-15)28-17-7-8-25-11-16(17)20(26-28)21(22,23)24;/h2-6,9-10,25H,7-8,11-12H2,1H3;1H. The second kappa shape index (κ2) is 8.67. The zero-order valence-electron chi connectivity index (χ0n) is 17.8. The summed E-state index contributed by atoms with van der Waals surface area (Å²) in [7, 11) is -2.63. The molecule has 1 aromatic heterocycles. The molecule has 8 nitrogen and oxygen atoms in total. The summed E-state index contributed by atoms with van der Waals surface area (Å²) in [6, 6.07) is 10.5. The zero-order chi connectivity index (χ0) is 23.4. The van der Waals surface area contributed by atoms with Crippen LogP contribution in [0, 0.1) is 0 Å². The van der Waals surface area contributed by atoms with Crippen LogP contribution < -0.4 is 19.1 Å². The molecule has 182 valence electrons. The van der Waals surface area contributed by atoms with E-state index in [0.717, 1.165) is 4.31 Å². The molecule has 5 rings (SSSR count). The molecule has 2 aromatic carbocycles. The second-order valence-corrected chi connectivity index (χ2v) is 9.59. The number of halogens is 4. The van der Waals surface area contributed by atoms with Crippen LogP contribution in [0.1, 0.15) is 17.0 Å². The first-order valence-electron chi connectivity index (χ1n) is 10.0. The Kier molecular flexibility index (Phi) is 6.17. The lowest BCUT2D eigenvalue weighted by atomic mass is 10.1. The number of fused-ring (bicyclic) bond motifs is 2. The van der Waals surface area contributed by atoms with Gasteiger partial charge in [-0.05, 0) is 30.3 Å². The van der Waals surface area contributed by atoms with Gasteiger partial charge in [-0.25, -0.2) is 13.1 Å². The van der Waals surface area contributed by atoms with Crippen molar-refractivity contribution in [3.05, 3.63) is 59.4 Å². The number of rotatable bonds is 4. The van der Waals surface area contributed by atoms with Crippen molar-refractivity contribution in [2.75, 3.05) is 24.7 Å². The van der Waals surface area contributed by atoms with Crippen LogP contribution in [-0.4, -0.2) is 38.6 Å². The minimum absolute atomic E-state index is 0. The van der Waals surface area contributed by atoms with Crippen molar-refractivity contribution < 1.29 is 31.1 Å². The molecule has 0 saturated carbocycles. The Morgan fingerprint density at radius 2 is 1.88 bits per heavy atom. The van der Waals surface area contributed by atoms with Gasteiger partial charge in [0.05, 0.1) is 22.0 Å². The predicted octanol–water partition coefficient (Wildman–Crippen LogP) is 3.51. The van der Waals surface area contributed by atoms with E-state index in [1.54, 1.807) is 18.2 Å². The van der Waals surface area contributed by atoms with Crippen LogP contribution in [0.5, 0.6) is 11.5 Å². The van der Waals surface area contributed by atoms with Gasteiger partial charge in [-0.1, -0.05) is 6.07 Å². The van der Waals surface area contributed by atoms with Crippen molar-refractivity contribution in [2.24, 2.45) is 0 Å². The van der Waals surface area contributed by atoms with Crippen LogP contribution in [-0.2, 0) is 29.2 Å². The van der Waals surface area contributed by atoms with Gasteiger partial charge in [0, 0.05) is 38.2 Å². The van der Waals surface area contributed by atoms with E-state index in [1.165, 1.54) is 36.0 Å². The highest BCUT2D eigenvalue weighted by atomic mass is 35.5. The van der Waals surface area contributed by atoms with Crippen LogP contribution in [0.4, 0.5) is 18.9 Å². The fraction of sp³-hybridized carbons (Fsp3) is 0.286. The van der Waals surface area contributed by atoms with E-state index in [-0.39, 0.29) is 41.9 Å². The Labute approximate surface area is 199 Å². The van der Waals surface area contributed by atoms with Gasteiger partial charge in [0.1, 0.15) is 0 Å². The molecule has 0 aliphatic carbocycles. The number of sulfonamides is 1. The second-order valence-electron chi connectivity index (χ2n) is 7.62. The number of nitrogens with zero attached hydrogens (tertiary/aromatic N) is 3. The molecule has 13 heteroatoms. The Hall–Kier alpha value is -2.96. The van der Waals surface area contributed by atoms with Crippen LogP contribution in [0.3, 0.4) is 0 Å². The number of benzene rings is 2. The third-order valence-electron chi connectivity index (χ3n) is 5.64. The smallest absolute Gasteiger partial charge is 0.435 e. The summed E-state index contributed by atoms with van der Waals surface area (Å²) in [5.41, 5.74) is 0.130. The van der Waals surface area contributed by atoms with E-state index in [4.69, 9.17) is 9.47 Å². The first-order valence-corrected chi connectivity index (χ1v) is 11.5. The molecule has 3 aromatic rings. The average Bonchev–Trinajstić information content (AvgIpc) is 3.42. The molecule has 0 bridgehead atoms. The van der Waals surface area contributed by atoms with Crippen molar-refractivity contribution in [1.29, 1.82) is 0 Å². The van der Waals surface area contributed by atoms with Crippen molar-refractivity contribution >= 4 is 28.1 Å². The van der Waals surface area contributed by atoms with Crippen LogP contribution in [0.15, 0.2) is 47.4 Å². The summed E-state index contributed by atoms with van der Waals surface area (Å²) < 4.78 is 80.1. The third-order valence-corrected chi connectivity index (χ3v) is 7.42. The first kappa shape index (κ1) is 24.2. The largest absolute Gasteiger partial charge is 0.454 e. The number of aromatic nitrogens is 2. The Balaban J connectivity index is 0.00000274. The number of ether oxygens (including phenoxy) is 2. The fourth-order valence-corrected chi connectivity index (χ4v) is 5.17. The van der Waals surface area contributed by atoms with Gasteiger partial charge in [-0.3, -0.25) is 4.31 Å². The van der Waals surface area contributed by atoms with E-state index in [1.807, 2.05) is 0 Å². The summed E-state index contributed by atoms with van der Waals surface area (Å²) in [6.45, 7) is 0.608. The zero-order valence-corrected chi connectivity index (χ0v) is 19.4. The summed E-state index contributed by atoms with van der Waals surface area (Å²) in [4.78, 5) is -0.0769. The monoisotopic (exact) mass is 516 g/mol. The van der Waals surface area contributed by atoms with Crippen molar-refractivity contribution in [3.8, 4) is 17.2 Å². The van der Waals surface area contributed by atoms with E-state index < -0.39 is 21.9 Å². The van der Waals surface area contributed by atoms with Crippen LogP contribution in [0.2, 0.25) is 0 Å². The SMILES string of the molecule is CN(c1ccc2c(c1)OCO2)S(=O)(=O)c1cccc(-n2nc(C(F)(F)F)c3c2CCNC3)c1.Cl. The normalized spacial score (nSPS) is 14.9. The van der Waals surface area contributed by atoms with Gasteiger partial charge in [0.15, 0.2) is 17.2 Å². The summed E-state index contributed by atoms with van der Waals surface area (Å²) in [5.74, 6) is 0.949. The topological polar surface area (TPSA) is 85.7 Å². The lowest BCUT2D eigenvalue weighted by Crippen LogP contribution is -2.27. The molecule has 0 fully saturated rings. The molecule has 34 heavy (non-hydrogen) atoms. The molecule has 0 unspecified atom stereocenters. The highest BCUT2D eigenvalue weighted by molar-refractivity contribution is 7.92. The Bertz CT molecular complexity index is 1340. The summed E-state index contributed by atoms with van der Waals surface area (Å²) >= 11 is 0.